The van der Waals surface area contributed by atoms with Crippen LogP contribution in [-0.4, -0.2) is 29.0 Å². The van der Waals surface area contributed by atoms with Crippen LogP contribution in [-0.2, 0) is 16.6 Å². The van der Waals surface area contributed by atoms with Gasteiger partial charge in [0.1, 0.15) is 5.75 Å². The van der Waals surface area contributed by atoms with Gasteiger partial charge in [-0.2, -0.15) is 0 Å². The molecule has 2 N–H and O–H groups in total. The molecule has 0 aliphatic carbocycles. The van der Waals surface area contributed by atoms with Crippen molar-refractivity contribution in [2.75, 3.05) is 13.2 Å². The lowest BCUT2D eigenvalue weighted by atomic mass is 9.87. The first kappa shape index (κ1) is 18.0. The molecule has 130 valence electrons. The largest absolute Gasteiger partial charge is 0.494 e. The Kier molecular flexibility index (Phi) is 6.41. The molecule has 1 heterocycles. The predicted molar refractivity (Wildman–Crippen MR) is 95.2 cm³/mol. The summed E-state index contributed by atoms with van der Waals surface area (Å²) in [6.45, 7) is 7.73. The second-order valence-electron chi connectivity index (χ2n) is 6.90. The maximum Gasteiger partial charge on any atom is 0.220 e. The molecule has 0 saturated carbocycles. The van der Waals surface area contributed by atoms with E-state index in [0.29, 0.717) is 26.0 Å². The van der Waals surface area contributed by atoms with Crippen LogP contribution in [0.4, 0.5) is 0 Å². The number of hydrogen-bond acceptors (Lipinski definition) is 3. The van der Waals surface area contributed by atoms with Gasteiger partial charge in [-0.3, -0.25) is 4.79 Å². The van der Waals surface area contributed by atoms with Crippen molar-refractivity contribution in [3.8, 4) is 5.75 Å². The minimum Gasteiger partial charge on any atom is -0.494 e. The lowest BCUT2D eigenvalue weighted by molar-refractivity contribution is -0.121. The van der Waals surface area contributed by atoms with Crippen LogP contribution in [0.5, 0.6) is 5.75 Å². The standard InChI is InChI=1S/C19H27N3O2/c1-19(2,3)15-6-8-17(9-7-15)24-12-4-5-18(23)21-11-10-16-13-20-14-22-16/h6-9,13-14H,4-5,10-12H2,1-3H3,(H,20,22)(H,21,23). The molecule has 0 spiro atoms. The van der Waals surface area contributed by atoms with Crippen molar-refractivity contribution in [2.45, 2.75) is 45.4 Å². The van der Waals surface area contributed by atoms with Crippen LogP contribution in [0.25, 0.3) is 0 Å². The second-order valence-corrected chi connectivity index (χ2v) is 6.90. The highest BCUT2D eigenvalue weighted by atomic mass is 16.5. The molecule has 0 bridgehead atoms. The van der Waals surface area contributed by atoms with Crippen molar-refractivity contribution in [3.05, 3.63) is 48.0 Å². The maximum absolute atomic E-state index is 11.7. The molecular formula is C19H27N3O2. The molecule has 1 amide bonds. The number of imidazole rings is 1. The van der Waals surface area contributed by atoms with Gasteiger partial charge in [-0.05, 0) is 29.5 Å². The first-order chi connectivity index (χ1) is 11.4. The van der Waals surface area contributed by atoms with Gasteiger partial charge in [0.2, 0.25) is 5.91 Å². The molecule has 0 fully saturated rings. The zero-order valence-corrected chi connectivity index (χ0v) is 14.8. The van der Waals surface area contributed by atoms with Crippen LogP contribution in [0.2, 0.25) is 0 Å². The van der Waals surface area contributed by atoms with Crippen LogP contribution < -0.4 is 10.1 Å². The van der Waals surface area contributed by atoms with E-state index in [1.54, 1.807) is 12.5 Å². The first-order valence-electron chi connectivity index (χ1n) is 8.42. The number of amides is 1. The molecule has 0 aliphatic rings. The fourth-order valence-electron chi connectivity index (χ4n) is 2.32. The summed E-state index contributed by atoms with van der Waals surface area (Å²) in [5, 5.41) is 2.90. The van der Waals surface area contributed by atoms with Crippen molar-refractivity contribution in [1.82, 2.24) is 15.3 Å². The van der Waals surface area contributed by atoms with Gasteiger partial charge in [0, 0.05) is 31.3 Å². The fraction of sp³-hybridized carbons (Fsp3) is 0.474. The van der Waals surface area contributed by atoms with Gasteiger partial charge in [0.15, 0.2) is 0 Å². The Morgan fingerprint density at radius 2 is 2.00 bits per heavy atom. The number of carbonyl (C=O) groups is 1. The van der Waals surface area contributed by atoms with E-state index in [9.17, 15) is 4.79 Å². The molecule has 5 heteroatoms. The third kappa shape index (κ3) is 6.07. The van der Waals surface area contributed by atoms with Crippen LogP contribution in [0, 0.1) is 0 Å². The van der Waals surface area contributed by atoms with Gasteiger partial charge in [-0.25, -0.2) is 4.98 Å². The van der Waals surface area contributed by atoms with E-state index in [1.807, 2.05) is 12.1 Å². The van der Waals surface area contributed by atoms with E-state index in [2.05, 4.69) is 48.2 Å². The summed E-state index contributed by atoms with van der Waals surface area (Å²) in [4.78, 5) is 18.7. The molecule has 0 radical (unpaired) electrons. The molecule has 2 rings (SSSR count). The number of rotatable bonds is 8. The molecule has 0 saturated heterocycles. The van der Waals surface area contributed by atoms with Gasteiger partial charge in [-0.1, -0.05) is 32.9 Å². The van der Waals surface area contributed by atoms with Crippen LogP contribution in [0.1, 0.15) is 44.9 Å². The Bertz CT molecular complexity index is 613. The summed E-state index contributed by atoms with van der Waals surface area (Å²) in [7, 11) is 0. The fourth-order valence-corrected chi connectivity index (χ4v) is 2.32. The van der Waals surface area contributed by atoms with Gasteiger partial charge in [0.25, 0.3) is 0 Å². The summed E-state index contributed by atoms with van der Waals surface area (Å²) in [5.41, 5.74) is 2.45. The van der Waals surface area contributed by atoms with Crippen LogP contribution >= 0.6 is 0 Å². The van der Waals surface area contributed by atoms with E-state index in [0.717, 1.165) is 17.9 Å². The summed E-state index contributed by atoms with van der Waals surface area (Å²) < 4.78 is 5.69. The summed E-state index contributed by atoms with van der Waals surface area (Å²) in [6, 6.07) is 8.17. The number of hydrogen-bond donors (Lipinski definition) is 2. The Labute approximate surface area is 143 Å². The number of carbonyl (C=O) groups excluding carboxylic acids is 1. The molecule has 0 unspecified atom stereocenters. The van der Waals surface area contributed by atoms with Crippen molar-refractivity contribution < 1.29 is 9.53 Å². The monoisotopic (exact) mass is 329 g/mol. The van der Waals surface area contributed by atoms with Crippen molar-refractivity contribution >= 4 is 5.91 Å². The minimum atomic E-state index is 0.0567. The van der Waals surface area contributed by atoms with Crippen LogP contribution in [0.3, 0.4) is 0 Å². The SMILES string of the molecule is CC(C)(C)c1ccc(OCCCC(=O)NCCc2cnc[nH]2)cc1. The number of nitrogens with one attached hydrogen (secondary N) is 2. The van der Waals surface area contributed by atoms with E-state index >= 15 is 0 Å². The number of ether oxygens (including phenoxy) is 1. The average Bonchev–Trinajstić information content (AvgIpc) is 3.04. The number of nitrogens with zero attached hydrogens (tertiary/aromatic N) is 1. The molecule has 2 aromatic rings. The van der Waals surface area contributed by atoms with Gasteiger partial charge < -0.3 is 15.0 Å². The zero-order valence-electron chi connectivity index (χ0n) is 14.8. The number of H-pyrrole nitrogens is 1. The summed E-state index contributed by atoms with van der Waals surface area (Å²) >= 11 is 0. The second kappa shape index (κ2) is 8.52. The predicted octanol–water partition coefficient (Wildman–Crippen LogP) is 3.23. The lowest BCUT2D eigenvalue weighted by Crippen LogP contribution is -2.25. The molecule has 1 aromatic heterocycles. The smallest absolute Gasteiger partial charge is 0.220 e. The molecule has 0 atom stereocenters. The van der Waals surface area contributed by atoms with Crippen molar-refractivity contribution in [1.29, 1.82) is 0 Å². The molecule has 5 nitrogen and oxygen atoms in total. The van der Waals surface area contributed by atoms with E-state index in [1.165, 1.54) is 5.56 Å². The topological polar surface area (TPSA) is 67.0 Å². The van der Waals surface area contributed by atoms with E-state index < -0.39 is 0 Å². The van der Waals surface area contributed by atoms with Gasteiger partial charge >= 0.3 is 0 Å². The molecular weight excluding hydrogens is 302 g/mol. The quantitative estimate of drug-likeness (QED) is 0.731. The van der Waals surface area contributed by atoms with E-state index in [-0.39, 0.29) is 11.3 Å². The lowest BCUT2D eigenvalue weighted by Gasteiger charge is -2.19. The van der Waals surface area contributed by atoms with E-state index in [4.69, 9.17) is 4.74 Å². The van der Waals surface area contributed by atoms with Crippen molar-refractivity contribution in [3.63, 3.8) is 0 Å². The normalized spacial score (nSPS) is 11.3. The van der Waals surface area contributed by atoms with Gasteiger partial charge in [-0.15, -0.1) is 0 Å². The zero-order chi connectivity index (χ0) is 17.4. The highest BCUT2D eigenvalue weighted by Crippen LogP contribution is 2.24. The van der Waals surface area contributed by atoms with Crippen molar-refractivity contribution in [2.24, 2.45) is 0 Å². The van der Waals surface area contributed by atoms with Gasteiger partial charge in [0.05, 0.1) is 12.9 Å². The third-order valence-electron chi connectivity index (χ3n) is 3.81. The Hall–Kier alpha value is -2.30. The highest BCUT2D eigenvalue weighted by Gasteiger charge is 2.12. The highest BCUT2D eigenvalue weighted by molar-refractivity contribution is 5.75. The number of benzene rings is 1. The third-order valence-corrected chi connectivity index (χ3v) is 3.81. The van der Waals surface area contributed by atoms with Crippen LogP contribution in [0.15, 0.2) is 36.8 Å². The molecule has 1 aromatic carbocycles. The molecule has 24 heavy (non-hydrogen) atoms. The minimum absolute atomic E-state index is 0.0567. The maximum atomic E-state index is 11.7. The molecule has 0 aliphatic heterocycles. The Balaban J connectivity index is 1.59. The Morgan fingerprint density at radius 1 is 1.25 bits per heavy atom. The summed E-state index contributed by atoms with van der Waals surface area (Å²) in [6.07, 6.45) is 5.36. The number of aromatic amines is 1. The Morgan fingerprint density at radius 3 is 2.62 bits per heavy atom. The summed E-state index contributed by atoms with van der Waals surface area (Å²) in [5.74, 6) is 0.906. The average molecular weight is 329 g/mol. The first-order valence-corrected chi connectivity index (χ1v) is 8.42. The number of aromatic nitrogens is 2.